The molecule has 1 saturated heterocycles. The van der Waals surface area contributed by atoms with Gasteiger partial charge in [-0.3, -0.25) is 0 Å². The van der Waals surface area contributed by atoms with Crippen LogP contribution in [0, 0.1) is 5.92 Å². The lowest BCUT2D eigenvalue weighted by molar-refractivity contribution is -0.173. The molecule has 1 saturated carbocycles. The van der Waals surface area contributed by atoms with E-state index < -0.39 is 18.0 Å². The van der Waals surface area contributed by atoms with E-state index in [0.29, 0.717) is 6.42 Å². The molecule has 5 nitrogen and oxygen atoms in total. The van der Waals surface area contributed by atoms with E-state index in [1.54, 1.807) is 13.8 Å². The van der Waals surface area contributed by atoms with Gasteiger partial charge in [-0.2, -0.15) is 0 Å². The molecule has 1 aliphatic heterocycles. The molecule has 2 fully saturated rings. The summed E-state index contributed by atoms with van der Waals surface area (Å²) in [6.07, 6.45) is -1.70. The molecule has 1 heterocycles. The van der Waals surface area contributed by atoms with Gasteiger partial charge in [-0.25, -0.2) is 0 Å². The second-order valence-corrected chi connectivity index (χ2v) is 4.78. The Bertz CT molecular complexity index is 242. The topological polar surface area (TPSA) is 79.2 Å². The first-order chi connectivity index (χ1) is 6.94. The van der Waals surface area contributed by atoms with E-state index in [0.717, 1.165) is 0 Å². The van der Waals surface area contributed by atoms with Gasteiger partial charge < -0.3 is 24.8 Å². The summed E-state index contributed by atoms with van der Waals surface area (Å²) in [5, 5.41) is 28.2. The smallest absolute Gasteiger partial charge is 0.163 e. The highest BCUT2D eigenvalue weighted by atomic mass is 16.8. The normalized spacial score (nSPS) is 45.4. The quantitative estimate of drug-likeness (QED) is 0.568. The summed E-state index contributed by atoms with van der Waals surface area (Å²) in [6, 6.07) is 0. The minimum Gasteiger partial charge on any atom is -0.394 e. The van der Waals surface area contributed by atoms with Crippen molar-refractivity contribution in [2.75, 3.05) is 6.61 Å². The fourth-order valence-electron chi connectivity index (χ4n) is 2.51. The largest absolute Gasteiger partial charge is 0.394 e. The fourth-order valence-corrected chi connectivity index (χ4v) is 2.51. The molecule has 15 heavy (non-hydrogen) atoms. The molecule has 0 spiro atoms. The average Bonchev–Trinajstić information content (AvgIpc) is 2.60. The Morgan fingerprint density at radius 3 is 2.60 bits per heavy atom. The van der Waals surface area contributed by atoms with Crippen LogP contribution in [0.25, 0.3) is 0 Å². The van der Waals surface area contributed by atoms with Gasteiger partial charge in [-0.15, -0.1) is 0 Å². The van der Waals surface area contributed by atoms with Crippen LogP contribution in [0.3, 0.4) is 0 Å². The molecule has 0 aromatic rings. The third-order valence-corrected chi connectivity index (χ3v) is 3.18. The molecule has 3 N–H and O–H groups in total. The Morgan fingerprint density at radius 1 is 1.40 bits per heavy atom. The van der Waals surface area contributed by atoms with Crippen molar-refractivity contribution in [3.63, 3.8) is 0 Å². The van der Waals surface area contributed by atoms with Crippen LogP contribution in [0.2, 0.25) is 0 Å². The SMILES string of the molecule is CC1(C)O[C@H]2[C@H](O)[C@H]([C@@H](O)CO)C[C@H]2O1. The van der Waals surface area contributed by atoms with Crippen molar-refractivity contribution >= 4 is 0 Å². The van der Waals surface area contributed by atoms with Crippen LogP contribution < -0.4 is 0 Å². The first-order valence-corrected chi connectivity index (χ1v) is 5.27. The highest BCUT2D eigenvalue weighted by Gasteiger charge is 2.54. The second-order valence-electron chi connectivity index (χ2n) is 4.78. The molecule has 2 aliphatic rings. The van der Waals surface area contributed by atoms with E-state index in [4.69, 9.17) is 14.6 Å². The summed E-state index contributed by atoms with van der Waals surface area (Å²) in [6.45, 7) is 3.26. The number of aliphatic hydroxyl groups is 3. The zero-order valence-corrected chi connectivity index (χ0v) is 8.96. The maximum Gasteiger partial charge on any atom is 0.163 e. The monoisotopic (exact) mass is 218 g/mol. The van der Waals surface area contributed by atoms with E-state index in [1.807, 2.05) is 0 Å². The molecule has 5 heteroatoms. The van der Waals surface area contributed by atoms with Gasteiger partial charge >= 0.3 is 0 Å². The molecule has 1 aliphatic carbocycles. The maximum atomic E-state index is 9.92. The second kappa shape index (κ2) is 3.68. The minimum atomic E-state index is -0.902. The van der Waals surface area contributed by atoms with Crippen LogP contribution in [0.1, 0.15) is 20.3 Å². The lowest BCUT2D eigenvalue weighted by Gasteiger charge is -2.25. The lowest BCUT2D eigenvalue weighted by atomic mass is 9.99. The van der Waals surface area contributed by atoms with E-state index in [2.05, 4.69) is 0 Å². The van der Waals surface area contributed by atoms with E-state index in [1.165, 1.54) is 0 Å². The Balaban J connectivity index is 2.05. The van der Waals surface area contributed by atoms with Gasteiger partial charge in [0.2, 0.25) is 0 Å². The van der Waals surface area contributed by atoms with Gasteiger partial charge in [0.1, 0.15) is 6.10 Å². The predicted octanol–water partition coefficient (Wildman–Crippen LogP) is -0.760. The highest BCUT2D eigenvalue weighted by Crippen LogP contribution is 2.42. The molecule has 2 rings (SSSR count). The van der Waals surface area contributed by atoms with Crippen LogP contribution in [0.4, 0.5) is 0 Å². The van der Waals surface area contributed by atoms with Crippen molar-refractivity contribution in [3.05, 3.63) is 0 Å². The summed E-state index contributed by atoms with van der Waals surface area (Å²) < 4.78 is 11.1. The zero-order valence-electron chi connectivity index (χ0n) is 8.96. The summed E-state index contributed by atoms with van der Waals surface area (Å²) in [5.74, 6) is -1.02. The molecule has 0 unspecified atom stereocenters. The van der Waals surface area contributed by atoms with Crippen LogP contribution >= 0.6 is 0 Å². The summed E-state index contributed by atoms with van der Waals surface area (Å²) in [7, 11) is 0. The standard InChI is InChI=1S/C10H18O5/c1-10(2)14-7-3-5(6(12)4-11)8(13)9(7)15-10/h5-9,11-13H,3-4H2,1-2H3/t5-,6-,7+,8+,9+/m0/s1. The van der Waals surface area contributed by atoms with Crippen molar-refractivity contribution in [3.8, 4) is 0 Å². The summed E-state index contributed by atoms with van der Waals surface area (Å²) in [4.78, 5) is 0. The van der Waals surface area contributed by atoms with Gasteiger partial charge in [0.25, 0.3) is 0 Å². The minimum absolute atomic E-state index is 0.179. The lowest BCUT2D eigenvalue weighted by Crippen LogP contribution is -2.37. The fraction of sp³-hybridized carbons (Fsp3) is 1.00. The Hall–Kier alpha value is -0.200. The molecule has 0 bridgehead atoms. The first-order valence-electron chi connectivity index (χ1n) is 5.27. The third-order valence-electron chi connectivity index (χ3n) is 3.18. The number of ether oxygens (including phenoxy) is 2. The van der Waals surface area contributed by atoms with Gasteiger partial charge in [0, 0.05) is 5.92 Å². The maximum absolute atomic E-state index is 9.92. The molecule has 0 aromatic heterocycles. The van der Waals surface area contributed by atoms with Crippen molar-refractivity contribution in [2.24, 2.45) is 5.92 Å². The van der Waals surface area contributed by atoms with E-state index >= 15 is 0 Å². The molecule has 88 valence electrons. The van der Waals surface area contributed by atoms with Crippen LogP contribution in [-0.2, 0) is 9.47 Å². The highest BCUT2D eigenvalue weighted by molar-refractivity contribution is 4.99. The molecular formula is C10H18O5. The Kier molecular flexibility index (Phi) is 2.77. The molecule has 0 radical (unpaired) electrons. The Labute approximate surface area is 88.6 Å². The average molecular weight is 218 g/mol. The van der Waals surface area contributed by atoms with Gasteiger partial charge in [-0.1, -0.05) is 0 Å². The van der Waals surface area contributed by atoms with Gasteiger partial charge in [-0.05, 0) is 20.3 Å². The summed E-state index contributed by atoms with van der Waals surface area (Å²) in [5.41, 5.74) is 0. The molecular weight excluding hydrogens is 200 g/mol. The third kappa shape index (κ3) is 1.90. The van der Waals surface area contributed by atoms with Crippen LogP contribution in [0.15, 0.2) is 0 Å². The molecule has 5 atom stereocenters. The van der Waals surface area contributed by atoms with E-state index in [9.17, 15) is 10.2 Å². The van der Waals surface area contributed by atoms with Gasteiger partial charge in [0.05, 0.1) is 24.9 Å². The van der Waals surface area contributed by atoms with Crippen LogP contribution in [-0.4, -0.2) is 52.1 Å². The predicted molar refractivity (Wildman–Crippen MR) is 51.0 cm³/mol. The Morgan fingerprint density at radius 2 is 2.07 bits per heavy atom. The first kappa shape index (κ1) is 11.3. The number of aliphatic hydroxyl groups excluding tert-OH is 3. The number of hydrogen-bond donors (Lipinski definition) is 3. The van der Waals surface area contributed by atoms with Crippen molar-refractivity contribution in [1.29, 1.82) is 0 Å². The number of fused-ring (bicyclic) bond motifs is 1. The number of hydrogen-bond acceptors (Lipinski definition) is 5. The number of rotatable bonds is 2. The van der Waals surface area contributed by atoms with Crippen molar-refractivity contribution in [2.45, 2.75) is 50.5 Å². The zero-order chi connectivity index (χ0) is 11.2. The van der Waals surface area contributed by atoms with Crippen molar-refractivity contribution < 1.29 is 24.8 Å². The molecule has 0 amide bonds. The van der Waals surface area contributed by atoms with E-state index in [-0.39, 0.29) is 24.7 Å². The van der Waals surface area contributed by atoms with Gasteiger partial charge in [0.15, 0.2) is 5.79 Å². The van der Waals surface area contributed by atoms with Crippen LogP contribution in [0.5, 0.6) is 0 Å². The molecule has 0 aromatic carbocycles. The summed E-state index contributed by atoms with van der Waals surface area (Å²) >= 11 is 0. The van der Waals surface area contributed by atoms with Crippen molar-refractivity contribution in [1.82, 2.24) is 0 Å².